The molecule has 3 N–H and O–H groups in total. The largest absolute Gasteiger partial charge is 0.417 e. The normalized spacial score (nSPS) is 9.95. The quantitative estimate of drug-likeness (QED) is 0.884. The van der Waals surface area contributed by atoms with Crippen molar-refractivity contribution in [1.82, 2.24) is 0 Å². The molecule has 4 nitrogen and oxygen atoms in total. The van der Waals surface area contributed by atoms with Crippen LogP contribution in [0.1, 0.15) is 5.56 Å². The lowest BCUT2D eigenvalue weighted by atomic mass is 10.1. The van der Waals surface area contributed by atoms with Gasteiger partial charge in [-0.25, -0.2) is 4.79 Å². The summed E-state index contributed by atoms with van der Waals surface area (Å²) in [4.78, 5) is 11.6. The molecular weight excluding hydrogens is 240 g/mol. The zero-order chi connectivity index (χ0) is 13.5. The molecule has 0 aliphatic rings. The summed E-state index contributed by atoms with van der Waals surface area (Å²) in [5.74, 6) is 0.514. The minimum atomic E-state index is -0.502. The van der Waals surface area contributed by atoms with Crippen LogP contribution in [-0.2, 0) is 6.42 Å². The van der Waals surface area contributed by atoms with E-state index in [-0.39, 0.29) is 0 Å². The predicted octanol–water partition coefficient (Wildman–Crippen LogP) is 2.80. The van der Waals surface area contributed by atoms with Crippen LogP contribution in [0, 0.1) is 0 Å². The van der Waals surface area contributed by atoms with Crippen LogP contribution in [0.3, 0.4) is 0 Å². The van der Waals surface area contributed by atoms with Gasteiger partial charge in [0.2, 0.25) is 0 Å². The molecule has 4 heteroatoms. The molecule has 0 aliphatic carbocycles. The summed E-state index contributed by atoms with van der Waals surface area (Å²) in [5, 5.41) is 2.67. The van der Waals surface area contributed by atoms with Gasteiger partial charge in [0.05, 0.1) is 0 Å². The third kappa shape index (κ3) is 4.12. The van der Waals surface area contributed by atoms with Crippen LogP contribution in [0.15, 0.2) is 54.6 Å². The molecule has 0 aromatic heterocycles. The first-order valence-electron chi connectivity index (χ1n) is 6.11. The van der Waals surface area contributed by atoms with Crippen LogP contribution in [0.25, 0.3) is 0 Å². The minimum absolute atomic E-state index is 0.502. The molecule has 0 spiro atoms. The van der Waals surface area contributed by atoms with Gasteiger partial charge in [-0.1, -0.05) is 30.3 Å². The van der Waals surface area contributed by atoms with Gasteiger partial charge in [0.1, 0.15) is 5.75 Å². The molecule has 0 unspecified atom stereocenters. The van der Waals surface area contributed by atoms with Crippen LogP contribution >= 0.6 is 0 Å². The summed E-state index contributed by atoms with van der Waals surface area (Å²) in [6.07, 6.45) is 0.326. The van der Waals surface area contributed by atoms with Crippen molar-refractivity contribution in [3.8, 4) is 5.75 Å². The van der Waals surface area contributed by atoms with E-state index < -0.39 is 6.09 Å². The molecule has 0 bridgehead atoms. The molecule has 19 heavy (non-hydrogen) atoms. The van der Waals surface area contributed by atoms with Gasteiger partial charge in [0.25, 0.3) is 0 Å². The number of nitrogens with one attached hydrogen (secondary N) is 1. The van der Waals surface area contributed by atoms with Crippen LogP contribution in [0.2, 0.25) is 0 Å². The number of para-hydroxylation sites is 1. The molecule has 0 heterocycles. The molecule has 0 aliphatic heterocycles. The SMILES string of the molecule is NCCc1ccc(NC(=O)Oc2ccccc2)cc1. The number of ether oxygens (including phenoxy) is 1. The van der Waals surface area contributed by atoms with Gasteiger partial charge in [-0.3, -0.25) is 5.32 Å². The lowest BCUT2D eigenvalue weighted by Crippen LogP contribution is -2.16. The lowest BCUT2D eigenvalue weighted by Gasteiger charge is -2.07. The highest BCUT2D eigenvalue weighted by Crippen LogP contribution is 2.12. The van der Waals surface area contributed by atoms with E-state index in [9.17, 15) is 4.79 Å². The fraction of sp³-hybridized carbons (Fsp3) is 0.133. The zero-order valence-electron chi connectivity index (χ0n) is 10.5. The van der Waals surface area contributed by atoms with E-state index in [4.69, 9.17) is 10.5 Å². The summed E-state index contributed by atoms with van der Waals surface area (Å²) in [5.41, 5.74) is 7.31. The van der Waals surface area contributed by atoms with Crippen LogP contribution in [-0.4, -0.2) is 12.6 Å². The Bertz CT molecular complexity index is 524. The molecule has 0 radical (unpaired) electrons. The summed E-state index contributed by atoms with van der Waals surface area (Å²) in [7, 11) is 0. The average molecular weight is 256 g/mol. The maximum absolute atomic E-state index is 11.6. The summed E-state index contributed by atoms with van der Waals surface area (Å²) >= 11 is 0. The first-order valence-corrected chi connectivity index (χ1v) is 6.11. The average Bonchev–Trinajstić information content (AvgIpc) is 2.42. The highest BCUT2D eigenvalue weighted by molar-refractivity contribution is 5.86. The highest BCUT2D eigenvalue weighted by atomic mass is 16.6. The second kappa shape index (κ2) is 6.56. The van der Waals surface area contributed by atoms with E-state index in [1.54, 1.807) is 12.1 Å². The number of carbonyl (C=O) groups is 1. The Morgan fingerprint density at radius 2 is 1.74 bits per heavy atom. The van der Waals surface area contributed by atoms with Crippen molar-refractivity contribution in [2.45, 2.75) is 6.42 Å². The molecule has 98 valence electrons. The third-order valence-electron chi connectivity index (χ3n) is 2.59. The van der Waals surface area contributed by atoms with Crippen molar-refractivity contribution < 1.29 is 9.53 Å². The topological polar surface area (TPSA) is 64.3 Å². The fourth-order valence-corrected chi connectivity index (χ4v) is 1.66. The third-order valence-corrected chi connectivity index (χ3v) is 2.59. The maximum atomic E-state index is 11.6. The number of hydrogen-bond donors (Lipinski definition) is 2. The standard InChI is InChI=1S/C15H16N2O2/c16-11-10-12-6-8-13(9-7-12)17-15(18)19-14-4-2-1-3-5-14/h1-9H,10-11,16H2,(H,17,18). The monoisotopic (exact) mass is 256 g/mol. The van der Waals surface area contributed by atoms with E-state index in [1.165, 1.54) is 0 Å². The van der Waals surface area contributed by atoms with Crippen molar-refractivity contribution in [3.05, 3.63) is 60.2 Å². The number of anilines is 1. The predicted molar refractivity (Wildman–Crippen MR) is 75.3 cm³/mol. The van der Waals surface area contributed by atoms with Gasteiger partial charge >= 0.3 is 6.09 Å². The molecule has 0 atom stereocenters. The molecule has 2 aromatic carbocycles. The number of hydrogen-bond acceptors (Lipinski definition) is 3. The molecule has 0 saturated heterocycles. The zero-order valence-corrected chi connectivity index (χ0v) is 10.5. The van der Waals surface area contributed by atoms with Gasteiger partial charge in [0.15, 0.2) is 0 Å². The molecular formula is C15H16N2O2. The Balaban J connectivity index is 1.91. The molecule has 0 fully saturated rings. The summed E-state index contributed by atoms with van der Waals surface area (Å²) in [6.45, 7) is 0.614. The first-order chi connectivity index (χ1) is 9.28. The van der Waals surface area contributed by atoms with E-state index >= 15 is 0 Å². The Morgan fingerprint density at radius 1 is 1.05 bits per heavy atom. The molecule has 0 saturated carbocycles. The minimum Gasteiger partial charge on any atom is -0.410 e. The van der Waals surface area contributed by atoms with Gasteiger partial charge in [-0.15, -0.1) is 0 Å². The van der Waals surface area contributed by atoms with E-state index in [1.807, 2.05) is 42.5 Å². The van der Waals surface area contributed by atoms with E-state index in [0.717, 1.165) is 12.0 Å². The van der Waals surface area contributed by atoms with Gasteiger partial charge in [-0.2, -0.15) is 0 Å². The Hall–Kier alpha value is -2.33. The first kappa shape index (κ1) is 13.1. The lowest BCUT2D eigenvalue weighted by molar-refractivity contribution is 0.215. The molecule has 2 aromatic rings. The molecule has 2 rings (SSSR count). The second-order valence-corrected chi connectivity index (χ2v) is 4.06. The number of amides is 1. The number of rotatable bonds is 4. The van der Waals surface area contributed by atoms with Crippen molar-refractivity contribution in [3.63, 3.8) is 0 Å². The van der Waals surface area contributed by atoms with Crippen LogP contribution in [0.4, 0.5) is 10.5 Å². The Morgan fingerprint density at radius 3 is 2.37 bits per heavy atom. The number of carbonyl (C=O) groups excluding carboxylic acids is 1. The van der Waals surface area contributed by atoms with Gasteiger partial charge in [0, 0.05) is 5.69 Å². The van der Waals surface area contributed by atoms with Gasteiger partial charge in [-0.05, 0) is 42.8 Å². The van der Waals surface area contributed by atoms with Crippen molar-refractivity contribution in [2.75, 3.05) is 11.9 Å². The Kier molecular flexibility index (Phi) is 4.53. The van der Waals surface area contributed by atoms with Crippen molar-refractivity contribution in [2.24, 2.45) is 5.73 Å². The Labute approximate surface area is 112 Å². The number of nitrogens with two attached hydrogens (primary N) is 1. The summed E-state index contributed by atoms with van der Waals surface area (Å²) < 4.78 is 5.13. The van der Waals surface area contributed by atoms with E-state index in [2.05, 4.69) is 5.32 Å². The second-order valence-electron chi connectivity index (χ2n) is 4.06. The van der Waals surface area contributed by atoms with Gasteiger partial charge < -0.3 is 10.5 Å². The smallest absolute Gasteiger partial charge is 0.410 e. The summed E-state index contributed by atoms with van der Waals surface area (Å²) in [6, 6.07) is 16.5. The maximum Gasteiger partial charge on any atom is 0.417 e. The van der Waals surface area contributed by atoms with Crippen LogP contribution < -0.4 is 15.8 Å². The highest BCUT2D eigenvalue weighted by Gasteiger charge is 2.04. The van der Waals surface area contributed by atoms with E-state index in [0.29, 0.717) is 18.0 Å². The van der Waals surface area contributed by atoms with Crippen molar-refractivity contribution >= 4 is 11.8 Å². The fourth-order valence-electron chi connectivity index (χ4n) is 1.66. The van der Waals surface area contributed by atoms with Crippen LogP contribution in [0.5, 0.6) is 5.75 Å². The number of benzene rings is 2. The molecule has 1 amide bonds. The van der Waals surface area contributed by atoms with Crippen molar-refractivity contribution in [1.29, 1.82) is 0 Å².